The molecule has 0 aliphatic heterocycles. The van der Waals surface area contributed by atoms with Crippen LogP contribution in [0.4, 0.5) is 52.7 Å². The number of hydrogen-bond donors (Lipinski definition) is 0. The quantitative estimate of drug-likeness (QED) is 0.190. The molecule has 0 spiro atoms. The molecule has 0 amide bonds. The van der Waals surface area contributed by atoms with Gasteiger partial charge in [-0.1, -0.05) is 0 Å². The molecule has 2 atom stereocenters. The van der Waals surface area contributed by atoms with Gasteiger partial charge in [0, 0.05) is 22.3 Å². The molecule has 1 fully saturated rings. The zero-order valence-electron chi connectivity index (χ0n) is 22.4. The Labute approximate surface area is 258 Å². The summed E-state index contributed by atoms with van der Waals surface area (Å²) in [5, 5.41) is 56.0. The van der Waals surface area contributed by atoms with E-state index in [0.717, 1.165) is 36.4 Å². The van der Waals surface area contributed by atoms with Gasteiger partial charge in [0.15, 0.2) is 70.5 Å². The highest BCUT2D eigenvalue weighted by molar-refractivity contribution is 6.07. The topological polar surface area (TPSA) is 143 Å². The molecule has 2 unspecified atom stereocenters. The van der Waals surface area contributed by atoms with Gasteiger partial charge < -0.3 is 0 Å². The summed E-state index contributed by atoms with van der Waals surface area (Å²) in [5.74, 6) is -24.7. The van der Waals surface area contributed by atoms with Crippen LogP contribution in [0.25, 0.3) is 11.1 Å². The monoisotopic (exact) mass is 674 g/mol. The number of halogens is 12. The summed E-state index contributed by atoms with van der Waals surface area (Å²) < 4.78 is 178. The number of allylic oxidation sites excluding steroid dienone is 10. The Bertz CT molecular complexity index is 2170. The van der Waals surface area contributed by atoms with Gasteiger partial charge in [-0.25, -0.2) is 52.7 Å². The molecule has 2 aromatic rings. The smallest absolute Gasteiger partial charge is 0.180 e. The van der Waals surface area contributed by atoms with Gasteiger partial charge in [0.25, 0.3) is 0 Å². The molecule has 0 radical (unpaired) electrons. The van der Waals surface area contributed by atoms with Crippen molar-refractivity contribution in [1.29, 1.82) is 31.6 Å². The highest BCUT2D eigenvalue weighted by Crippen LogP contribution is 2.57. The third kappa shape index (κ3) is 4.64. The second-order valence-corrected chi connectivity index (χ2v) is 9.19. The maximum absolute atomic E-state index is 15.2. The van der Waals surface area contributed by atoms with Gasteiger partial charge in [0.2, 0.25) is 0 Å². The van der Waals surface area contributed by atoms with Crippen LogP contribution in [-0.4, -0.2) is 12.3 Å². The summed E-state index contributed by atoms with van der Waals surface area (Å²) in [4.78, 5) is 0. The molecular weight excluding hydrogens is 672 g/mol. The maximum atomic E-state index is 15.2. The minimum Gasteiger partial charge on any atom is -0.238 e. The van der Waals surface area contributed by atoms with Crippen LogP contribution in [0.2, 0.25) is 0 Å². The fourth-order valence-corrected chi connectivity index (χ4v) is 4.69. The molecule has 6 nitrogen and oxygen atoms in total. The first-order chi connectivity index (χ1) is 22.6. The molecule has 0 saturated heterocycles. The van der Waals surface area contributed by atoms with E-state index in [0.29, 0.717) is 0 Å². The zero-order chi connectivity index (χ0) is 36.1. The van der Waals surface area contributed by atoms with E-state index >= 15 is 26.3 Å². The SMILES string of the molecule is N#CC(=C1C(=C(\C#N)C2=C(F)C(F)=C(C#N)C(F)C2F)/C1=C(\C#N)c1c(F)c(F)c(C#N)c(F)c1F)c1c(F)c(F)c(C#N)c(F)c1F. The van der Waals surface area contributed by atoms with E-state index in [4.69, 9.17) is 15.8 Å². The van der Waals surface area contributed by atoms with E-state index in [1.54, 1.807) is 0 Å². The van der Waals surface area contributed by atoms with E-state index in [2.05, 4.69) is 0 Å². The molecule has 2 aliphatic carbocycles. The van der Waals surface area contributed by atoms with Gasteiger partial charge in [0.05, 0.1) is 27.8 Å². The van der Waals surface area contributed by atoms with Gasteiger partial charge in [0.1, 0.15) is 53.1 Å². The molecule has 0 heterocycles. The van der Waals surface area contributed by atoms with Crippen molar-refractivity contribution in [2.24, 2.45) is 0 Å². The molecule has 0 aromatic heterocycles. The van der Waals surface area contributed by atoms with Gasteiger partial charge in [-0.3, -0.25) is 0 Å². The van der Waals surface area contributed by atoms with Crippen molar-refractivity contribution in [3.05, 3.63) is 114 Å². The van der Waals surface area contributed by atoms with Crippen LogP contribution in [0.3, 0.4) is 0 Å². The van der Waals surface area contributed by atoms with E-state index in [9.17, 15) is 42.1 Å². The van der Waals surface area contributed by atoms with Crippen LogP contribution < -0.4 is 0 Å². The molecule has 0 bridgehead atoms. The van der Waals surface area contributed by atoms with Gasteiger partial charge in [-0.05, 0) is 0 Å². The van der Waals surface area contributed by atoms with Crippen LogP contribution in [0.1, 0.15) is 22.3 Å². The predicted octanol–water partition coefficient (Wildman–Crippen LogP) is 7.29. The molecule has 0 N–H and O–H groups in total. The van der Waals surface area contributed by atoms with Crippen molar-refractivity contribution >= 4 is 11.1 Å². The lowest BCUT2D eigenvalue weighted by atomic mass is 9.88. The maximum Gasteiger partial charge on any atom is 0.180 e. The average molecular weight is 674 g/mol. The predicted molar refractivity (Wildman–Crippen MR) is 131 cm³/mol. The first-order valence-electron chi connectivity index (χ1n) is 12.1. The van der Waals surface area contributed by atoms with Crippen molar-refractivity contribution < 1.29 is 52.7 Å². The van der Waals surface area contributed by atoms with Gasteiger partial charge >= 0.3 is 0 Å². The summed E-state index contributed by atoms with van der Waals surface area (Å²) in [7, 11) is 0. The molecule has 18 heteroatoms. The minimum atomic E-state index is -3.49. The van der Waals surface area contributed by atoms with E-state index in [1.165, 1.54) is 0 Å². The standard InChI is InChI=1S/C30H2F12N6/c31-19-10(4-46)20(32)26(38)16(25(19)37)7(1-43)13-14(8(2-44)17-27(39)21(33)11(5-47)22(34)28(17)40)15(13)9(3-45)18-29(41)23(35)12(6-48)24(36)30(18)42/h19,25H/b13-7-,14-8?,15-9-. The molecule has 2 aliphatic rings. The Balaban J connectivity index is 2.34. The van der Waals surface area contributed by atoms with Crippen molar-refractivity contribution in [3.63, 3.8) is 0 Å². The molecule has 4 rings (SSSR count). The van der Waals surface area contributed by atoms with Gasteiger partial charge in [-0.2, -0.15) is 31.6 Å². The molecule has 1 saturated carbocycles. The third-order valence-electron chi connectivity index (χ3n) is 6.89. The van der Waals surface area contributed by atoms with Crippen molar-refractivity contribution in [1.82, 2.24) is 0 Å². The summed E-state index contributed by atoms with van der Waals surface area (Å²) in [6.07, 6.45) is -6.84. The fourth-order valence-electron chi connectivity index (χ4n) is 4.69. The Hall–Kier alpha value is -6.76. The van der Waals surface area contributed by atoms with E-state index in [1.807, 2.05) is 0 Å². The van der Waals surface area contributed by atoms with Crippen LogP contribution in [0.5, 0.6) is 0 Å². The molecule has 236 valence electrons. The van der Waals surface area contributed by atoms with Gasteiger partial charge in [-0.15, -0.1) is 0 Å². The zero-order valence-corrected chi connectivity index (χ0v) is 22.4. The van der Waals surface area contributed by atoms with Crippen molar-refractivity contribution in [3.8, 4) is 36.4 Å². The number of hydrogen-bond acceptors (Lipinski definition) is 6. The molecule has 2 aromatic carbocycles. The normalized spacial score (nSPS) is 20.1. The number of nitriles is 6. The number of benzene rings is 2. The Morgan fingerprint density at radius 2 is 0.750 bits per heavy atom. The lowest BCUT2D eigenvalue weighted by molar-refractivity contribution is 0.217. The van der Waals surface area contributed by atoms with E-state index < -0.39 is 137 Å². The lowest BCUT2D eigenvalue weighted by Crippen LogP contribution is -2.28. The Kier molecular flexibility index (Phi) is 8.68. The van der Waals surface area contributed by atoms with Crippen LogP contribution in [0, 0.1) is 115 Å². The third-order valence-corrected chi connectivity index (χ3v) is 6.89. The summed E-state index contributed by atoms with van der Waals surface area (Å²) in [6.45, 7) is 0. The second-order valence-electron chi connectivity index (χ2n) is 9.19. The van der Waals surface area contributed by atoms with Crippen LogP contribution >= 0.6 is 0 Å². The summed E-state index contributed by atoms with van der Waals surface area (Å²) in [6, 6.07) is 5.29. The number of alkyl halides is 2. The first-order valence-corrected chi connectivity index (χ1v) is 12.1. The van der Waals surface area contributed by atoms with Crippen molar-refractivity contribution in [2.75, 3.05) is 0 Å². The Morgan fingerprint density at radius 1 is 0.417 bits per heavy atom. The molecule has 48 heavy (non-hydrogen) atoms. The average Bonchev–Trinajstić information content (AvgIpc) is 3.78. The largest absolute Gasteiger partial charge is 0.238 e. The van der Waals surface area contributed by atoms with Crippen LogP contribution in [-0.2, 0) is 0 Å². The number of nitrogens with zero attached hydrogens (tertiary/aromatic N) is 6. The summed E-state index contributed by atoms with van der Waals surface area (Å²) in [5.41, 5.74) is -21.0. The van der Waals surface area contributed by atoms with Crippen LogP contribution in [0.15, 0.2) is 45.1 Å². The Morgan fingerprint density at radius 3 is 1.04 bits per heavy atom. The first kappa shape index (κ1) is 34.1. The lowest BCUT2D eigenvalue weighted by Gasteiger charge is -2.21. The van der Waals surface area contributed by atoms with Crippen molar-refractivity contribution in [2.45, 2.75) is 12.3 Å². The minimum absolute atomic E-state index is 0.771. The summed E-state index contributed by atoms with van der Waals surface area (Å²) >= 11 is 0. The highest BCUT2D eigenvalue weighted by Gasteiger charge is 2.49. The van der Waals surface area contributed by atoms with E-state index in [-0.39, 0.29) is 0 Å². The molecular formula is C30H2F12N6. The fraction of sp³-hybridized carbons (Fsp3) is 0.0667. The second kappa shape index (κ2) is 12.2. The number of rotatable bonds is 3. The highest BCUT2D eigenvalue weighted by atomic mass is 19.2.